The Morgan fingerprint density at radius 2 is 1.41 bits per heavy atom. The minimum atomic E-state index is 0.504. The highest BCUT2D eigenvalue weighted by Crippen LogP contribution is 2.34. The first-order valence-corrected chi connectivity index (χ1v) is 9.53. The Balaban J connectivity index is 0.000000224. The van der Waals surface area contributed by atoms with Crippen molar-refractivity contribution in [2.24, 2.45) is 23.2 Å². The topological polar surface area (TPSA) is 6.48 Å². The number of rotatable bonds is 2. The molecule has 0 saturated carbocycles. The van der Waals surface area contributed by atoms with Crippen LogP contribution < -0.4 is 0 Å². The molecule has 0 aromatic rings. The fourth-order valence-corrected chi connectivity index (χ4v) is 3.66. The molecule has 0 radical (unpaired) electrons. The highest BCUT2D eigenvalue weighted by atomic mass is 15.2. The second-order valence-electron chi connectivity index (χ2n) is 9.33. The summed E-state index contributed by atoms with van der Waals surface area (Å²) in [6, 6.07) is 0.734. The number of piperidine rings is 1. The van der Waals surface area contributed by atoms with E-state index in [0.717, 1.165) is 23.8 Å². The van der Waals surface area contributed by atoms with Crippen molar-refractivity contribution in [3.8, 4) is 0 Å². The maximum atomic E-state index is 2.59. The van der Waals surface area contributed by atoms with Crippen LogP contribution in [-0.4, -0.2) is 49.1 Å². The van der Waals surface area contributed by atoms with Crippen molar-refractivity contribution < 1.29 is 0 Å². The second kappa shape index (κ2) is 8.68. The van der Waals surface area contributed by atoms with Crippen LogP contribution in [0.3, 0.4) is 0 Å². The van der Waals surface area contributed by atoms with E-state index in [1.165, 1.54) is 45.4 Å². The lowest BCUT2D eigenvalue weighted by atomic mass is 9.80. The van der Waals surface area contributed by atoms with Crippen molar-refractivity contribution in [2.45, 2.75) is 73.8 Å². The van der Waals surface area contributed by atoms with Crippen LogP contribution in [0.1, 0.15) is 67.7 Å². The molecule has 2 aliphatic rings. The van der Waals surface area contributed by atoms with Crippen LogP contribution in [-0.2, 0) is 0 Å². The number of hydrogen-bond donors (Lipinski definition) is 0. The molecule has 2 fully saturated rings. The molecule has 0 aromatic carbocycles. The van der Waals surface area contributed by atoms with E-state index in [-0.39, 0.29) is 0 Å². The summed E-state index contributed by atoms with van der Waals surface area (Å²) < 4.78 is 0. The van der Waals surface area contributed by atoms with Crippen molar-refractivity contribution >= 4 is 0 Å². The third-order valence-corrected chi connectivity index (χ3v) is 5.88. The van der Waals surface area contributed by atoms with E-state index in [4.69, 9.17) is 0 Å². The zero-order valence-electron chi connectivity index (χ0n) is 16.7. The Labute approximate surface area is 140 Å². The summed E-state index contributed by atoms with van der Waals surface area (Å²) in [5.41, 5.74) is 0.504. The Kier molecular flexibility index (Phi) is 7.88. The van der Waals surface area contributed by atoms with Crippen LogP contribution in [0.2, 0.25) is 0 Å². The summed E-state index contributed by atoms with van der Waals surface area (Å²) in [6.07, 6.45) is 4.21. The lowest BCUT2D eigenvalue weighted by Crippen LogP contribution is -2.32. The van der Waals surface area contributed by atoms with Gasteiger partial charge in [0.25, 0.3) is 0 Å². The largest absolute Gasteiger partial charge is 0.306 e. The Morgan fingerprint density at radius 1 is 0.864 bits per heavy atom. The van der Waals surface area contributed by atoms with E-state index < -0.39 is 0 Å². The molecule has 2 heteroatoms. The van der Waals surface area contributed by atoms with Crippen molar-refractivity contribution in [3.05, 3.63) is 0 Å². The van der Waals surface area contributed by atoms with Crippen molar-refractivity contribution in [2.75, 3.05) is 33.2 Å². The van der Waals surface area contributed by atoms with Crippen molar-refractivity contribution in [1.29, 1.82) is 0 Å². The van der Waals surface area contributed by atoms with Gasteiger partial charge in [0.2, 0.25) is 0 Å². The van der Waals surface area contributed by atoms with Gasteiger partial charge in [-0.15, -0.1) is 0 Å². The van der Waals surface area contributed by atoms with E-state index in [1.807, 2.05) is 0 Å². The summed E-state index contributed by atoms with van der Waals surface area (Å²) in [5.74, 6) is 2.80. The molecule has 2 rings (SSSR count). The summed E-state index contributed by atoms with van der Waals surface area (Å²) in [5, 5.41) is 0. The molecule has 132 valence electrons. The molecule has 2 aliphatic heterocycles. The van der Waals surface area contributed by atoms with Gasteiger partial charge in [0, 0.05) is 12.6 Å². The smallest absolute Gasteiger partial charge is 0.00387 e. The SMILES string of the molecule is CC(C)C1CCN(C)CC1.CC(C)N1CCC(C(C)(C)C)C1. The molecule has 0 N–H and O–H groups in total. The summed E-state index contributed by atoms with van der Waals surface area (Å²) >= 11 is 0. The van der Waals surface area contributed by atoms with Crippen LogP contribution in [0.5, 0.6) is 0 Å². The average molecular weight is 311 g/mol. The van der Waals surface area contributed by atoms with Gasteiger partial charge in [-0.25, -0.2) is 0 Å². The monoisotopic (exact) mass is 310 g/mol. The molecule has 0 amide bonds. The Hall–Kier alpha value is -0.0800. The van der Waals surface area contributed by atoms with Gasteiger partial charge in [-0.05, 0) is 83.0 Å². The van der Waals surface area contributed by atoms with Gasteiger partial charge in [0.1, 0.15) is 0 Å². The molecular weight excluding hydrogens is 268 g/mol. The fraction of sp³-hybridized carbons (Fsp3) is 1.00. The first-order valence-electron chi connectivity index (χ1n) is 9.53. The van der Waals surface area contributed by atoms with Crippen LogP contribution in [0.15, 0.2) is 0 Å². The highest BCUT2D eigenvalue weighted by molar-refractivity contribution is 4.84. The second-order valence-corrected chi connectivity index (χ2v) is 9.33. The number of likely N-dealkylation sites (tertiary alicyclic amines) is 2. The van der Waals surface area contributed by atoms with Gasteiger partial charge in [0.05, 0.1) is 0 Å². The normalized spacial score (nSPS) is 25.6. The molecule has 1 unspecified atom stereocenters. The van der Waals surface area contributed by atoms with Crippen LogP contribution in [0, 0.1) is 23.2 Å². The molecule has 2 nitrogen and oxygen atoms in total. The number of hydrogen-bond acceptors (Lipinski definition) is 2. The van der Waals surface area contributed by atoms with E-state index in [9.17, 15) is 0 Å². The van der Waals surface area contributed by atoms with E-state index in [0.29, 0.717) is 5.41 Å². The van der Waals surface area contributed by atoms with Gasteiger partial charge in [-0.2, -0.15) is 0 Å². The standard InChI is InChI=1S/C11H23N.C9H19N/c1-9(2)12-7-6-10(8-12)11(3,4)5;1-8(2)9-4-6-10(3)7-5-9/h9-10H,6-8H2,1-5H3;8-9H,4-7H2,1-3H3. The first-order chi connectivity index (χ1) is 10.1. The first kappa shape index (κ1) is 20.0. The van der Waals surface area contributed by atoms with E-state index in [1.54, 1.807) is 0 Å². The minimum Gasteiger partial charge on any atom is -0.306 e. The maximum Gasteiger partial charge on any atom is 0.00387 e. The van der Waals surface area contributed by atoms with Gasteiger partial charge < -0.3 is 9.80 Å². The zero-order chi connectivity index (χ0) is 16.9. The molecule has 2 saturated heterocycles. The number of nitrogens with zero attached hydrogens (tertiary/aromatic N) is 2. The molecule has 0 aliphatic carbocycles. The molecule has 2 heterocycles. The maximum absolute atomic E-state index is 2.59. The molecule has 0 bridgehead atoms. The summed E-state index contributed by atoms with van der Waals surface area (Å²) in [4.78, 5) is 5.02. The average Bonchev–Trinajstić information content (AvgIpc) is 2.89. The van der Waals surface area contributed by atoms with Crippen molar-refractivity contribution in [1.82, 2.24) is 9.80 Å². The van der Waals surface area contributed by atoms with Gasteiger partial charge >= 0.3 is 0 Å². The predicted octanol–water partition coefficient (Wildman–Crippen LogP) is 4.75. The van der Waals surface area contributed by atoms with Crippen LogP contribution in [0.4, 0.5) is 0 Å². The van der Waals surface area contributed by atoms with E-state index in [2.05, 4.69) is 65.3 Å². The Morgan fingerprint density at radius 3 is 1.73 bits per heavy atom. The van der Waals surface area contributed by atoms with Gasteiger partial charge in [0.15, 0.2) is 0 Å². The molecule has 0 spiro atoms. The lowest BCUT2D eigenvalue weighted by molar-refractivity contribution is 0.185. The minimum absolute atomic E-state index is 0.504. The highest BCUT2D eigenvalue weighted by Gasteiger charge is 2.32. The molecular formula is C20H42N2. The lowest BCUT2D eigenvalue weighted by Gasteiger charge is -2.31. The Bertz CT molecular complexity index is 295. The third-order valence-electron chi connectivity index (χ3n) is 5.88. The quantitative estimate of drug-likeness (QED) is 0.726. The van der Waals surface area contributed by atoms with Crippen LogP contribution in [0.25, 0.3) is 0 Å². The third kappa shape index (κ3) is 6.58. The van der Waals surface area contributed by atoms with Crippen LogP contribution >= 0.6 is 0 Å². The molecule has 22 heavy (non-hydrogen) atoms. The molecule has 0 aromatic heterocycles. The van der Waals surface area contributed by atoms with Gasteiger partial charge in [-0.1, -0.05) is 34.6 Å². The van der Waals surface area contributed by atoms with Gasteiger partial charge in [-0.3, -0.25) is 0 Å². The zero-order valence-corrected chi connectivity index (χ0v) is 16.7. The summed E-state index contributed by atoms with van der Waals surface area (Å²) in [7, 11) is 2.22. The van der Waals surface area contributed by atoms with E-state index >= 15 is 0 Å². The predicted molar refractivity (Wildman–Crippen MR) is 99.3 cm³/mol. The van der Waals surface area contributed by atoms with Crippen molar-refractivity contribution in [3.63, 3.8) is 0 Å². The summed E-state index contributed by atoms with van der Waals surface area (Å²) in [6.45, 7) is 21.6. The fourth-order valence-electron chi connectivity index (χ4n) is 3.66. The molecule has 1 atom stereocenters.